The van der Waals surface area contributed by atoms with Crippen molar-refractivity contribution >= 4 is 11.7 Å². The van der Waals surface area contributed by atoms with E-state index in [9.17, 15) is 4.79 Å². The average molecular weight is 302 g/mol. The second kappa shape index (κ2) is 5.64. The summed E-state index contributed by atoms with van der Waals surface area (Å²) in [5, 5.41) is 4.32. The van der Waals surface area contributed by atoms with Crippen LogP contribution in [0.2, 0.25) is 0 Å². The minimum absolute atomic E-state index is 0.106. The molecule has 2 aromatic heterocycles. The summed E-state index contributed by atoms with van der Waals surface area (Å²) in [7, 11) is 0. The predicted octanol–water partition coefficient (Wildman–Crippen LogP) is 0.907. The maximum atomic E-state index is 12.6. The predicted molar refractivity (Wildman–Crippen MR) is 82.9 cm³/mol. The van der Waals surface area contributed by atoms with Crippen molar-refractivity contribution in [3.05, 3.63) is 23.3 Å². The van der Waals surface area contributed by atoms with Crippen molar-refractivity contribution in [2.75, 3.05) is 26.2 Å². The molecule has 0 radical (unpaired) electrons. The Balaban J connectivity index is 1.80. The molecule has 7 heteroatoms. The lowest BCUT2D eigenvalue weighted by Crippen LogP contribution is -2.50. The van der Waals surface area contributed by atoms with E-state index in [1.807, 2.05) is 24.8 Å². The van der Waals surface area contributed by atoms with E-state index in [0.717, 1.165) is 37.6 Å². The Hall–Kier alpha value is -2.02. The Morgan fingerprint density at radius 3 is 2.45 bits per heavy atom. The molecule has 7 nitrogen and oxygen atoms in total. The van der Waals surface area contributed by atoms with Gasteiger partial charge in [-0.05, 0) is 33.8 Å². The van der Waals surface area contributed by atoms with E-state index < -0.39 is 0 Å². The molecule has 0 bridgehead atoms. The van der Waals surface area contributed by atoms with Gasteiger partial charge in [-0.3, -0.25) is 9.69 Å². The summed E-state index contributed by atoms with van der Waals surface area (Å²) >= 11 is 0. The second-order valence-electron chi connectivity index (χ2n) is 6.11. The number of rotatable bonds is 2. The zero-order valence-electron chi connectivity index (χ0n) is 13.6. The minimum atomic E-state index is -0.106. The molecule has 3 heterocycles. The Morgan fingerprint density at radius 2 is 1.82 bits per heavy atom. The van der Waals surface area contributed by atoms with Crippen LogP contribution in [0.15, 0.2) is 6.07 Å². The van der Waals surface area contributed by atoms with Crippen molar-refractivity contribution in [2.45, 2.75) is 33.7 Å². The number of hydrogen-bond acceptors (Lipinski definition) is 5. The van der Waals surface area contributed by atoms with Crippen LogP contribution < -0.4 is 0 Å². The fraction of sp³-hybridized carbons (Fsp3) is 0.600. The van der Waals surface area contributed by atoms with Crippen LogP contribution in [0.4, 0.5) is 0 Å². The molecule has 0 unspecified atom stereocenters. The fourth-order valence-electron chi connectivity index (χ4n) is 2.84. The zero-order valence-corrected chi connectivity index (χ0v) is 13.6. The van der Waals surface area contributed by atoms with Crippen molar-refractivity contribution in [1.82, 2.24) is 29.4 Å². The number of aryl methyl sites for hydroxylation is 2. The smallest absolute Gasteiger partial charge is 0.293 e. The first-order valence-electron chi connectivity index (χ1n) is 7.70. The molecule has 0 spiro atoms. The van der Waals surface area contributed by atoms with Crippen molar-refractivity contribution in [2.24, 2.45) is 0 Å². The fourth-order valence-corrected chi connectivity index (χ4v) is 2.84. The molecule has 1 amide bonds. The summed E-state index contributed by atoms with van der Waals surface area (Å²) in [5.41, 5.74) is 1.81. The number of amides is 1. The molecular formula is C15H22N6O. The number of carbonyl (C=O) groups is 1. The molecule has 1 fully saturated rings. The molecule has 2 aromatic rings. The molecule has 1 saturated heterocycles. The monoisotopic (exact) mass is 302 g/mol. The number of carbonyl (C=O) groups excluding carboxylic acids is 1. The van der Waals surface area contributed by atoms with Gasteiger partial charge in [-0.15, -0.1) is 5.10 Å². The highest BCUT2D eigenvalue weighted by atomic mass is 16.2. The molecule has 0 aromatic carbocycles. The second-order valence-corrected chi connectivity index (χ2v) is 6.11. The number of hydrogen-bond donors (Lipinski definition) is 0. The molecule has 0 saturated carbocycles. The molecule has 0 atom stereocenters. The lowest BCUT2D eigenvalue weighted by atomic mass is 10.2. The van der Waals surface area contributed by atoms with Crippen LogP contribution in [0, 0.1) is 13.8 Å². The van der Waals surface area contributed by atoms with E-state index in [0.29, 0.717) is 11.8 Å². The number of fused-ring (bicyclic) bond motifs is 1. The van der Waals surface area contributed by atoms with Crippen LogP contribution in [-0.2, 0) is 0 Å². The van der Waals surface area contributed by atoms with Crippen molar-refractivity contribution in [3.63, 3.8) is 0 Å². The quantitative estimate of drug-likeness (QED) is 0.825. The third kappa shape index (κ3) is 2.68. The Bertz CT molecular complexity index is 699. The van der Waals surface area contributed by atoms with E-state index in [1.54, 1.807) is 4.52 Å². The third-order valence-electron chi connectivity index (χ3n) is 4.14. The molecular weight excluding hydrogens is 280 g/mol. The summed E-state index contributed by atoms with van der Waals surface area (Å²) in [5.74, 6) is 0.617. The van der Waals surface area contributed by atoms with E-state index in [1.165, 1.54) is 0 Å². The maximum Gasteiger partial charge on any atom is 0.293 e. The van der Waals surface area contributed by atoms with Crippen LogP contribution in [0.3, 0.4) is 0 Å². The van der Waals surface area contributed by atoms with Gasteiger partial charge < -0.3 is 4.90 Å². The first-order chi connectivity index (χ1) is 10.5. The van der Waals surface area contributed by atoms with Gasteiger partial charge in [0.05, 0.1) is 0 Å². The molecule has 0 N–H and O–H groups in total. The van der Waals surface area contributed by atoms with Gasteiger partial charge in [-0.1, -0.05) is 0 Å². The van der Waals surface area contributed by atoms with Crippen LogP contribution in [0.25, 0.3) is 5.78 Å². The van der Waals surface area contributed by atoms with E-state index in [4.69, 9.17) is 0 Å². The van der Waals surface area contributed by atoms with Gasteiger partial charge in [0.25, 0.3) is 11.7 Å². The first-order valence-corrected chi connectivity index (χ1v) is 7.70. The Kier molecular flexibility index (Phi) is 3.82. The van der Waals surface area contributed by atoms with Gasteiger partial charge in [-0.2, -0.15) is 4.98 Å². The van der Waals surface area contributed by atoms with Crippen molar-refractivity contribution in [3.8, 4) is 0 Å². The first kappa shape index (κ1) is 14.9. The lowest BCUT2D eigenvalue weighted by Gasteiger charge is -2.36. The highest BCUT2D eigenvalue weighted by Gasteiger charge is 2.26. The van der Waals surface area contributed by atoms with E-state index >= 15 is 0 Å². The zero-order chi connectivity index (χ0) is 15.9. The summed E-state index contributed by atoms with van der Waals surface area (Å²) in [6, 6.07) is 2.44. The van der Waals surface area contributed by atoms with Gasteiger partial charge in [0.2, 0.25) is 5.82 Å². The topological polar surface area (TPSA) is 66.6 Å². The normalized spacial score (nSPS) is 16.7. The van der Waals surface area contributed by atoms with Crippen LogP contribution in [0.1, 0.15) is 35.9 Å². The van der Waals surface area contributed by atoms with Gasteiger partial charge >= 0.3 is 0 Å². The van der Waals surface area contributed by atoms with Crippen LogP contribution in [-0.4, -0.2) is 67.5 Å². The van der Waals surface area contributed by atoms with E-state index in [2.05, 4.69) is 33.8 Å². The highest BCUT2D eigenvalue weighted by Crippen LogP contribution is 2.10. The van der Waals surface area contributed by atoms with Gasteiger partial charge in [0.15, 0.2) is 0 Å². The Morgan fingerprint density at radius 1 is 1.14 bits per heavy atom. The SMILES string of the molecule is Cc1cc(C)n2nc(C(=O)N3CCN(C(C)C)CC3)nc2n1. The van der Waals surface area contributed by atoms with Crippen molar-refractivity contribution in [1.29, 1.82) is 0 Å². The van der Waals surface area contributed by atoms with Gasteiger partial charge in [0, 0.05) is 43.6 Å². The molecule has 0 aliphatic carbocycles. The highest BCUT2D eigenvalue weighted by molar-refractivity contribution is 5.91. The number of nitrogens with zero attached hydrogens (tertiary/aromatic N) is 6. The van der Waals surface area contributed by atoms with Gasteiger partial charge in [-0.25, -0.2) is 9.50 Å². The average Bonchev–Trinajstić information content (AvgIpc) is 2.90. The molecule has 1 aliphatic rings. The third-order valence-corrected chi connectivity index (χ3v) is 4.14. The number of aromatic nitrogens is 4. The van der Waals surface area contributed by atoms with Crippen LogP contribution in [0.5, 0.6) is 0 Å². The van der Waals surface area contributed by atoms with Gasteiger partial charge in [0.1, 0.15) is 0 Å². The standard InChI is InChI=1S/C15H22N6O/c1-10(2)19-5-7-20(8-6-19)14(22)13-17-15-16-11(3)9-12(4)21(15)18-13/h9-10H,5-8H2,1-4H3. The largest absolute Gasteiger partial charge is 0.333 e. The van der Waals surface area contributed by atoms with Crippen LogP contribution >= 0.6 is 0 Å². The maximum absolute atomic E-state index is 12.6. The summed E-state index contributed by atoms with van der Waals surface area (Å²) in [6.07, 6.45) is 0. The summed E-state index contributed by atoms with van der Waals surface area (Å²) in [4.78, 5) is 25.4. The number of piperazine rings is 1. The lowest BCUT2D eigenvalue weighted by molar-refractivity contribution is 0.0584. The molecule has 3 rings (SSSR count). The van der Waals surface area contributed by atoms with E-state index in [-0.39, 0.29) is 11.7 Å². The summed E-state index contributed by atoms with van der Waals surface area (Å²) in [6.45, 7) is 11.4. The molecule has 1 aliphatic heterocycles. The minimum Gasteiger partial charge on any atom is -0.333 e. The Labute approximate surface area is 130 Å². The van der Waals surface area contributed by atoms with Crippen molar-refractivity contribution < 1.29 is 4.79 Å². The molecule has 118 valence electrons. The summed E-state index contributed by atoms with van der Waals surface area (Å²) < 4.78 is 1.63. The molecule has 22 heavy (non-hydrogen) atoms.